The van der Waals surface area contributed by atoms with E-state index in [1.807, 2.05) is 6.92 Å². The van der Waals surface area contributed by atoms with Gasteiger partial charge in [0, 0.05) is 12.0 Å². The van der Waals surface area contributed by atoms with Crippen LogP contribution in [0.25, 0.3) is 0 Å². The summed E-state index contributed by atoms with van der Waals surface area (Å²) < 4.78 is 37.0. The summed E-state index contributed by atoms with van der Waals surface area (Å²) in [6, 6.07) is 0.227. The van der Waals surface area contributed by atoms with Crippen LogP contribution in [-0.4, -0.2) is 28.7 Å². The molecule has 1 fully saturated rings. The third-order valence-corrected chi connectivity index (χ3v) is 3.78. The van der Waals surface area contributed by atoms with Crippen LogP contribution < -0.4 is 10.6 Å². The predicted molar refractivity (Wildman–Crippen MR) is 63.7 cm³/mol. The van der Waals surface area contributed by atoms with Crippen LogP contribution in [0.2, 0.25) is 0 Å². The monoisotopic (exact) mass is 294 g/mol. The fraction of sp³-hybridized carbons (Fsp3) is 0.700. The quantitative estimate of drug-likeness (QED) is 0.874. The summed E-state index contributed by atoms with van der Waals surface area (Å²) >= 11 is 0.338. The summed E-state index contributed by atoms with van der Waals surface area (Å²) in [7, 11) is 0. The van der Waals surface area contributed by atoms with Gasteiger partial charge in [-0.25, -0.2) is 0 Å². The van der Waals surface area contributed by atoms with Crippen LogP contribution in [0.4, 0.5) is 18.3 Å². The molecule has 0 spiro atoms. The molecule has 1 aliphatic heterocycles. The maximum absolute atomic E-state index is 12.3. The average Bonchev–Trinajstić information content (AvgIpc) is 2.77. The summed E-state index contributed by atoms with van der Waals surface area (Å²) in [5, 5.41) is 10.8. The third kappa shape index (κ3) is 3.63. The van der Waals surface area contributed by atoms with Gasteiger partial charge < -0.3 is 10.6 Å². The summed E-state index contributed by atoms with van der Waals surface area (Å²) in [5.74, 6) is -0.493. The van der Waals surface area contributed by atoms with Gasteiger partial charge in [0.15, 0.2) is 0 Å². The Morgan fingerprint density at radius 1 is 1.47 bits per heavy atom. The lowest BCUT2D eigenvalue weighted by Crippen LogP contribution is -2.40. The van der Waals surface area contributed by atoms with E-state index in [9.17, 15) is 18.0 Å². The maximum atomic E-state index is 12.3. The summed E-state index contributed by atoms with van der Waals surface area (Å²) in [5.41, 5.74) is 0. The molecular weight excluding hydrogens is 281 g/mol. The van der Waals surface area contributed by atoms with E-state index in [0.29, 0.717) is 24.2 Å². The molecule has 19 heavy (non-hydrogen) atoms. The predicted octanol–water partition coefficient (Wildman–Crippen LogP) is 1.88. The Bertz CT molecular complexity index is 462. The Morgan fingerprint density at radius 2 is 2.21 bits per heavy atom. The number of hydrogen-bond donors (Lipinski definition) is 2. The molecule has 2 atom stereocenters. The third-order valence-electron chi connectivity index (χ3n) is 2.89. The number of rotatable bonds is 2. The number of amides is 1. The first-order valence-corrected chi connectivity index (χ1v) is 6.63. The molecule has 1 aliphatic rings. The normalized spacial score (nSPS) is 24.2. The number of aromatic nitrogens is 2. The SMILES string of the molecule is C[C@H]1C[C@@H](C(=O)Nc2nnc(C(F)(F)F)s2)CCN1. The van der Waals surface area contributed by atoms with Gasteiger partial charge in [-0.3, -0.25) is 4.79 Å². The van der Waals surface area contributed by atoms with Crippen LogP contribution in [0, 0.1) is 5.92 Å². The number of hydrogen-bond acceptors (Lipinski definition) is 5. The van der Waals surface area contributed by atoms with E-state index in [-0.39, 0.29) is 23.0 Å². The zero-order valence-corrected chi connectivity index (χ0v) is 10.9. The zero-order chi connectivity index (χ0) is 14.0. The molecule has 5 nitrogen and oxygen atoms in total. The van der Waals surface area contributed by atoms with E-state index in [1.165, 1.54) is 0 Å². The molecule has 0 aromatic carbocycles. The van der Waals surface area contributed by atoms with Gasteiger partial charge in [-0.1, -0.05) is 11.3 Å². The number of alkyl halides is 3. The molecular formula is C10H13F3N4OS. The Kier molecular flexibility index (Phi) is 4.04. The van der Waals surface area contributed by atoms with Gasteiger partial charge >= 0.3 is 6.18 Å². The van der Waals surface area contributed by atoms with Crippen molar-refractivity contribution < 1.29 is 18.0 Å². The molecule has 2 N–H and O–H groups in total. The molecule has 1 aromatic heterocycles. The minimum atomic E-state index is -4.52. The van der Waals surface area contributed by atoms with Crippen molar-refractivity contribution in [2.75, 3.05) is 11.9 Å². The van der Waals surface area contributed by atoms with Crippen LogP contribution in [0.1, 0.15) is 24.8 Å². The Morgan fingerprint density at radius 3 is 2.79 bits per heavy atom. The van der Waals surface area contributed by atoms with Gasteiger partial charge in [-0.15, -0.1) is 10.2 Å². The van der Waals surface area contributed by atoms with Gasteiger partial charge in [-0.2, -0.15) is 13.2 Å². The van der Waals surface area contributed by atoms with E-state index >= 15 is 0 Å². The van der Waals surface area contributed by atoms with Gasteiger partial charge in [0.25, 0.3) is 0 Å². The standard InChI is InChI=1S/C10H13F3N4OS/c1-5-4-6(2-3-14-5)7(18)15-9-17-16-8(19-9)10(11,12)13/h5-6,14H,2-4H2,1H3,(H,15,17,18)/t5-,6-/m0/s1. The Labute approximate surface area is 111 Å². The molecule has 2 rings (SSSR count). The Hall–Kier alpha value is -1.22. The fourth-order valence-electron chi connectivity index (χ4n) is 1.97. The number of carbonyl (C=O) groups excluding carboxylic acids is 1. The summed E-state index contributed by atoms with van der Waals surface area (Å²) in [6.45, 7) is 2.69. The Balaban J connectivity index is 1.97. The molecule has 1 saturated heterocycles. The molecule has 9 heteroatoms. The van der Waals surface area contributed by atoms with Gasteiger partial charge in [0.1, 0.15) is 0 Å². The molecule has 0 unspecified atom stereocenters. The summed E-state index contributed by atoms with van der Waals surface area (Å²) in [6.07, 6.45) is -3.19. The topological polar surface area (TPSA) is 66.9 Å². The van der Waals surface area contributed by atoms with Crippen molar-refractivity contribution in [3.8, 4) is 0 Å². The van der Waals surface area contributed by atoms with E-state index < -0.39 is 11.2 Å². The van der Waals surface area contributed by atoms with Crippen LogP contribution in [-0.2, 0) is 11.0 Å². The van der Waals surface area contributed by atoms with Crippen molar-refractivity contribution in [2.24, 2.45) is 5.92 Å². The van der Waals surface area contributed by atoms with Crippen molar-refractivity contribution in [2.45, 2.75) is 32.0 Å². The maximum Gasteiger partial charge on any atom is 0.445 e. The number of carbonyl (C=O) groups is 1. The second-order valence-corrected chi connectivity index (χ2v) is 5.45. The van der Waals surface area contributed by atoms with Crippen molar-refractivity contribution in [1.29, 1.82) is 0 Å². The molecule has 0 aliphatic carbocycles. The van der Waals surface area contributed by atoms with E-state index in [2.05, 4.69) is 20.8 Å². The van der Waals surface area contributed by atoms with Crippen LogP contribution >= 0.6 is 11.3 Å². The lowest BCUT2D eigenvalue weighted by Gasteiger charge is -2.26. The van der Waals surface area contributed by atoms with Gasteiger partial charge in [0.05, 0.1) is 0 Å². The molecule has 0 radical (unpaired) electrons. The second-order valence-electron chi connectivity index (χ2n) is 4.48. The lowest BCUT2D eigenvalue weighted by atomic mass is 9.93. The largest absolute Gasteiger partial charge is 0.445 e. The first kappa shape index (κ1) is 14.2. The summed E-state index contributed by atoms with van der Waals surface area (Å²) in [4.78, 5) is 11.9. The van der Waals surface area contributed by atoms with Crippen LogP contribution in [0.15, 0.2) is 0 Å². The zero-order valence-electron chi connectivity index (χ0n) is 10.1. The molecule has 106 valence electrons. The van der Waals surface area contributed by atoms with E-state index in [4.69, 9.17) is 0 Å². The highest BCUT2D eigenvalue weighted by atomic mass is 32.1. The molecule has 1 amide bonds. The highest BCUT2D eigenvalue weighted by Gasteiger charge is 2.36. The molecule has 0 saturated carbocycles. The molecule has 0 bridgehead atoms. The van der Waals surface area contributed by atoms with Crippen molar-refractivity contribution in [3.63, 3.8) is 0 Å². The number of anilines is 1. The molecule has 2 heterocycles. The van der Waals surface area contributed by atoms with E-state index in [1.54, 1.807) is 0 Å². The van der Waals surface area contributed by atoms with Crippen LogP contribution in [0.5, 0.6) is 0 Å². The average molecular weight is 294 g/mol. The van der Waals surface area contributed by atoms with Gasteiger partial charge in [-0.05, 0) is 26.3 Å². The smallest absolute Gasteiger partial charge is 0.314 e. The molecule has 1 aromatic rings. The van der Waals surface area contributed by atoms with E-state index in [0.717, 1.165) is 6.54 Å². The number of piperidine rings is 1. The number of nitrogens with one attached hydrogen (secondary N) is 2. The lowest BCUT2D eigenvalue weighted by molar-refractivity contribution is -0.138. The minimum Gasteiger partial charge on any atom is -0.314 e. The fourth-order valence-corrected chi connectivity index (χ4v) is 2.58. The first-order valence-electron chi connectivity index (χ1n) is 5.81. The highest BCUT2D eigenvalue weighted by molar-refractivity contribution is 7.15. The van der Waals surface area contributed by atoms with Gasteiger partial charge in [0.2, 0.25) is 16.0 Å². The second kappa shape index (κ2) is 5.41. The highest BCUT2D eigenvalue weighted by Crippen LogP contribution is 2.33. The first-order chi connectivity index (χ1) is 8.86. The van der Waals surface area contributed by atoms with Crippen molar-refractivity contribution >= 4 is 22.4 Å². The van der Waals surface area contributed by atoms with Crippen molar-refractivity contribution in [1.82, 2.24) is 15.5 Å². The minimum absolute atomic E-state index is 0.108. The van der Waals surface area contributed by atoms with Crippen molar-refractivity contribution in [3.05, 3.63) is 5.01 Å². The van der Waals surface area contributed by atoms with Crippen LogP contribution in [0.3, 0.4) is 0 Å². The number of nitrogens with zero attached hydrogens (tertiary/aromatic N) is 2. The number of halogens is 3.